The van der Waals surface area contributed by atoms with Gasteiger partial charge in [0.05, 0.1) is 22.5 Å². The van der Waals surface area contributed by atoms with E-state index in [0.717, 1.165) is 29.6 Å². The number of non-ortho nitro benzene ring substituents is 1. The topological polar surface area (TPSA) is 107 Å². The Morgan fingerprint density at radius 1 is 1.38 bits per heavy atom. The van der Waals surface area contributed by atoms with Crippen molar-refractivity contribution in [2.75, 3.05) is 14.2 Å². The van der Waals surface area contributed by atoms with Crippen LogP contribution in [-0.4, -0.2) is 43.8 Å². The molecule has 116 valence electrons. The van der Waals surface area contributed by atoms with Crippen LogP contribution in [0.4, 0.5) is 5.69 Å². The predicted molar refractivity (Wildman–Crippen MR) is 74.5 cm³/mol. The van der Waals surface area contributed by atoms with E-state index in [1.54, 1.807) is 13.8 Å². The maximum absolute atomic E-state index is 12.4. The molecule has 0 aliphatic heterocycles. The Morgan fingerprint density at radius 3 is 2.38 bits per heavy atom. The highest BCUT2D eigenvalue weighted by Crippen LogP contribution is 2.25. The molecule has 1 aromatic carbocycles. The molecule has 0 aliphatic carbocycles. The lowest BCUT2D eigenvalue weighted by molar-refractivity contribution is -0.384. The van der Waals surface area contributed by atoms with Crippen LogP contribution in [0.3, 0.4) is 0 Å². The lowest BCUT2D eigenvalue weighted by Gasteiger charge is -2.22. The Kier molecular flexibility index (Phi) is 5.02. The van der Waals surface area contributed by atoms with E-state index in [0.29, 0.717) is 0 Å². The van der Waals surface area contributed by atoms with Crippen molar-refractivity contribution < 1.29 is 22.9 Å². The molecule has 0 unspecified atom stereocenters. The molecule has 0 aliphatic rings. The van der Waals surface area contributed by atoms with Crippen molar-refractivity contribution in [1.82, 2.24) is 4.31 Å². The number of esters is 1. The van der Waals surface area contributed by atoms with Gasteiger partial charge in [0.25, 0.3) is 5.69 Å². The van der Waals surface area contributed by atoms with E-state index in [9.17, 15) is 23.3 Å². The van der Waals surface area contributed by atoms with Gasteiger partial charge < -0.3 is 4.74 Å². The summed E-state index contributed by atoms with van der Waals surface area (Å²) in [7, 11) is -1.52. The van der Waals surface area contributed by atoms with Crippen molar-refractivity contribution in [1.29, 1.82) is 0 Å². The average molecular weight is 316 g/mol. The predicted octanol–water partition coefficient (Wildman–Crippen LogP) is 1.41. The summed E-state index contributed by atoms with van der Waals surface area (Å²) in [6.45, 7) is 3.33. The number of nitro benzene ring substituents is 1. The lowest BCUT2D eigenvalue weighted by atomic mass is 10.2. The minimum atomic E-state index is -3.96. The van der Waals surface area contributed by atoms with Gasteiger partial charge in [0.1, 0.15) is 0 Å². The Morgan fingerprint density at radius 2 is 1.95 bits per heavy atom. The summed E-state index contributed by atoms with van der Waals surface area (Å²) in [5.74, 6) is -0.950. The molecule has 0 N–H and O–H groups in total. The van der Waals surface area contributed by atoms with Gasteiger partial charge in [0, 0.05) is 25.2 Å². The highest BCUT2D eigenvalue weighted by molar-refractivity contribution is 7.89. The van der Waals surface area contributed by atoms with Crippen LogP contribution in [0.1, 0.15) is 24.2 Å². The number of carbonyl (C=O) groups is 1. The number of carbonyl (C=O) groups excluding carboxylic acids is 1. The number of methoxy groups -OCH3 is 1. The normalized spacial score (nSPS) is 11.7. The number of hydrogen-bond acceptors (Lipinski definition) is 6. The number of benzene rings is 1. The smallest absolute Gasteiger partial charge is 0.339 e. The van der Waals surface area contributed by atoms with Gasteiger partial charge in [-0.1, -0.05) is 0 Å². The molecule has 1 rings (SSSR count). The van der Waals surface area contributed by atoms with E-state index < -0.39 is 20.9 Å². The van der Waals surface area contributed by atoms with Gasteiger partial charge in [-0.05, 0) is 19.9 Å². The van der Waals surface area contributed by atoms with Gasteiger partial charge in [-0.15, -0.1) is 0 Å². The lowest BCUT2D eigenvalue weighted by Crippen LogP contribution is -2.34. The zero-order valence-corrected chi connectivity index (χ0v) is 12.9. The molecule has 0 bridgehead atoms. The fraction of sp³-hybridized carbons (Fsp3) is 0.417. The quantitative estimate of drug-likeness (QED) is 0.462. The molecule has 0 saturated carbocycles. The Bertz CT molecular complexity index is 668. The van der Waals surface area contributed by atoms with E-state index in [-0.39, 0.29) is 22.2 Å². The molecule has 0 amide bonds. The van der Waals surface area contributed by atoms with Gasteiger partial charge >= 0.3 is 5.97 Å². The molecule has 0 fully saturated rings. The third kappa shape index (κ3) is 3.37. The average Bonchev–Trinajstić information content (AvgIpc) is 2.44. The van der Waals surface area contributed by atoms with Crippen molar-refractivity contribution in [2.24, 2.45) is 0 Å². The van der Waals surface area contributed by atoms with Crippen LogP contribution in [0, 0.1) is 10.1 Å². The molecule has 1 aromatic rings. The van der Waals surface area contributed by atoms with E-state index in [1.807, 2.05) is 0 Å². The number of rotatable bonds is 5. The fourth-order valence-electron chi connectivity index (χ4n) is 1.56. The van der Waals surface area contributed by atoms with Crippen molar-refractivity contribution in [2.45, 2.75) is 24.8 Å². The molecule has 0 heterocycles. The molecule has 8 nitrogen and oxygen atoms in total. The molecular formula is C12H16N2O6S. The summed E-state index contributed by atoms with van der Waals surface area (Å²) in [6, 6.07) is 2.63. The first-order chi connectivity index (χ1) is 9.62. The van der Waals surface area contributed by atoms with Gasteiger partial charge in [0.2, 0.25) is 10.0 Å². The molecule has 0 atom stereocenters. The molecule has 0 spiro atoms. The highest BCUT2D eigenvalue weighted by Gasteiger charge is 2.30. The molecular weight excluding hydrogens is 300 g/mol. The standard InChI is InChI=1S/C12H16N2O6S/c1-8(2)13(3)21(18,19)11-6-5-9(14(16)17)7-10(11)12(15)20-4/h5-8H,1-4H3. The van der Waals surface area contributed by atoms with Gasteiger partial charge in [-0.2, -0.15) is 4.31 Å². The first kappa shape index (κ1) is 17.1. The second-order valence-electron chi connectivity index (χ2n) is 4.54. The van der Waals surface area contributed by atoms with Gasteiger partial charge in [0.15, 0.2) is 0 Å². The largest absolute Gasteiger partial charge is 0.465 e. The van der Waals surface area contributed by atoms with Gasteiger partial charge in [-0.3, -0.25) is 10.1 Å². The molecule has 0 saturated heterocycles. The highest BCUT2D eigenvalue weighted by atomic mass is 32.2. The number of ether oxygens (including phenoxy) is 1. The summed E-state index contributed by atoms with van der Waals surface area (Å²) < 4.78 is 30.5. The van der Waals surface area contributed by atoms with Crippen molar-refractivity contribution in [3.8, 4) is 0 Å². The van der Waals surface area contributed by atoms with E-state index >= 15 is 0 Å². The van der Waals surface area contributed by atoms with E-state index in [2.05, 4.69) is 4.74 Å². The maximum atomic E-state index is 12.4. The van der Waals surface area contributed by atoms with Crippen molar-refractivity contribution in [3.05, 3.63) is 33.9 Å². The fourth-order valence-corrected chi connectivity index (χ4v) is 3.08. The van der Waals surface area contributed by atoms with Crippen LogP contribution in [0.5, 0.6) is 0 Å². The molecule has 0 aromatic heterocycles. The number of nitro groups is 1. The van der Waals surface area contributed by atoms with Crippen LogP contribution in [0.2, 0.25) is 0 Å². The zero-order valence-electron chi connectivity index (χ0n) is 12.1. The van der Waals surface area contributed by atoms with Crippen LogP contribution >= 0.6 is 0 Å². The first-order valence-corrected chi connectivity index (χ1v) is 7.41. The monoisotopic (exact) mass is 316 g/mol. The Labute approximate surface area is 122 Å². The Balaban J connectivity index is 3.56. The first-order valence-electron chi connectivity index (χ1n) is 5.97. The third-order valence-corrected chi connectivity index (χ3v) is 5.06. The molecule has 0 radical (unpaired) electrons. The van der Waals surface area contributed by atoms with Crippen LogP contribution < -0.4 is 0 Å². The summed E-state index contributed by atoms with van der Waals surface area (Å²) in [4.78, 5) is 21.4. The van der Waals surface area contributed by atoms with E-state index in [1.165, 1.54) is 7.05 Å². The number of hydrogen-bond donors (Lipinski definition) is 0. The van der Waals surface area contributed by atoms with Gasteiger partial charge in [-0.25, -0.2) is 13.2 Å². The molecule has 21 heavy (non-hydrogen) atoms. The van der Waals surface area contributed by atoms with Crippen LogP contribution in [0.25, 0.3) is 0 Å². The van der Waals surface area contributed by atoms with Crippen molar-refractivity contribution in [3.63, 3.8) is 0 Å². The number of nitrogens with zero attached hydrogens (tertiary/aromatic N) is 2. The molecule has 9 heteroatoms. The number of sulfonamides is 1. The summed E-state index contributed by atoms with van der Waals surface area (Å²) in [5.41, 5.74) is -0.749. The minimum Gasteiger partial charge on any atom is -0.465 e. The van der Waals surface area contributed by atoms with Crippen LogP contribution in [-0.2, 0) is 14.8 Å². The van der Waals surface area contributed by atoms with E-state index in [4.69, 9.17) is 0 Å². The minimum absolute atomic E-state index is 0.323. The SMILES string of the molecule is COC(=O)c1cc([N+](=O)[O-])ccc1S(=O)(=O)N(C)C(C)C. The summed E-state index contributed by atoms with van der Waals surface area (Å²) in [5, 5.41) is 10.8. The maximum Gasteiger partial charge on any atom is 0.339 e. The zero-order chi connectivity index (χ0) is 16.4. The third-order valence-electron chi connectivity index (χ3n) is 2.96. The van der Waals surface area contributed by atoms with Crippen LogP contribution in [0.15, 0.2) is 23.1 Å². The summed E-state index contributed by atoms with van der Waals surface area (Å²) >= 11 is 0. The Hall–Kier alpha value is -2.00. The second-order valence-corrected chi connectivity index (χ2v) is 6.51. The summed E-state index contributed by atoms with van der Waals surface area (Å²) in [6.07, 6.45) is 0. The second kappa shape index (κ2) is 6.19. The van der Waals surface area contributed by atoms with Crippen molar-refractivity contribution >= 4 is 21.7 Å².